The highest BCUT2D eigenvalue weighted by Gasteiger charge is 2.15. The summed E-state index contributed by atoms with van der Waals surface area (Å²) in [7, 11) is 0. The van der Waals surface area contributed by atoms with Crippen LogP contribution in [0.4, 0.5) is 10.8 Å². The van der Waals surface area contributed by atoms with Crippen molar-refractivity contribution in [1.29, 1.82) is 0 Å². The minimum atomic E-state index is -0.323. The summed E-state index contributed by atoms with van der Waals surface area (Å²) in [4.78, 5) is 17.6. The van der Waals surface area contributed by atoms with Crippen molar-refractivity contribution >= 4 is 28.1 Å². The molecule has 0 saturated carbocycles. The summed E-state index contributed by atoms with van der Waals surface area (Å²) in [5.41, 5.74) is 4.36. The van der Waals surface area contributed by atoms with Crippen molar-refractivity contribution in [1.82, 2.24) is 4.98 Å². The Bertz CT molecular complexity index is 644. The van der Waals surface area contributed by atoms with Crippen molar-refractivity contribution in [3.8, 4) is 0 Å². The molecule has 0 aliphatic carbocycles. The van der Waals surface area contributed by atoms with Crippen LogP contribution >= 0.6 is 11.3 Å². The lowest BCUT2D eigenvalue weighted by atomic mass is 10.1. The largest absolute Gasteiger partial charge is 0.374 e. The van der Waals surface area contributed by atoms with Gasteiger partial charge >= 0.3 is 0 Å². The molecule has 1 aromatic heterocycles. The van der Waals surface area contributed by atoms with Crippen LogP contribution in [0.25, 0.3) is 0 Å². The molecule has 2 N–H and O–H groups in total. The Morgan fingerprint density at radius 2 is 1.90 bits per heavy atom. The number of hydrogen-bond acceptors (Lipinski definition) is 4. The first-order valence-corrected chi connectivity index (χ1v) is 7.77. The van der Waals surface area contributed by atoms with Crippen molar-refractivity contribution in [3.63, 3.8) is 0 Å². The SMILES string of the molecule is Cc1ccc(N[C@@H](C)C(=O)Nc2nc(C)c(C)s2)cc1C. The summed E-state index contributed by atoms with van der Waals surface area (Å²) in [6.07, 6.45) is 0. The number of rotatable bonds is 4. The molecule has 1 heterocycles. The zero-order valence-corrected chi connectivity index (χ0v) is 13.9. The molecule has 1 atom stereocenters. The second kappa shape index (κ2) is 6.26. The molecule has 1 aromatic carbocycles. The summed E-state index contributed by atoms with van der Waals surface area (Å²) in [5.74, 6) is -0.0815. The Balaban J connectivity index is 2.00. The van der Waals surface area contributed by atoms with E-state index in [1.165, 1.54) is 22.5 Å². The summed E-state index contributed by atoms with van der Waals surface area (Å²) in [6.45, 7) is 9.92. The molecule has 2 aromatic rings. The van der Waals surface area contributed by atoms with Gasteiger partial charge in [0.15, 0.2) is 5.13 Å². The number of benzene rings is 1. The van der Waals surface area contributed by atoms with Gasteiger partial charge in [0.2, 0.25) is 5.91 Å². The minimum Gasteiger partial charge on any atom is -0.374 e. The molecule has 0 spiro atoms. The van der Waals surface area contributed by atoms with Crippen molar-refractivity contribution in [2.45, 2.75) is 40.7 Å². The zero-order valence-electron chi connectivity index (χ0n) is 13.1. The number of thiazole rings is 1. The molecule has 0 aliphatic rings. The predicted molar refractivity (Wildman–Crippen MR) is 89.2 cm³/mol. The van der Waals surface area contributed by atoms with Crippen LogP contribution in [0.2, 0.25) is 0 Å². The van der Waals surface area contributed by atoms with Crippen LogP contribution in [-0.2, 0) is 4.79 Å². The Hall–Kier alpha value is -1.88. The van der Waals surface area contributed by atoms with E-state index in [9.17, 15) is 4.79 Å². The maximum Gasteiger partial charge on any atom is 0.248 e. The van der Waals surface area contributed by atoms with E-state index >= 15 is 0 Å². The highest BCUT2D eigenvalue weighted by Crippen LogP contribution is 2.21. The van der Waals surface area contributed by atoms with Crippen LogP contribution in [-0.4, -0.2) is 16.9 Å². The van der Waals surface area contributed by atoms with E-state index in [4.69, 9.17) is 0 Å². The van der Waals surface area contributed by atoms with Gasteiger partial charge in [0.1, 0.15) is 6.04 Å². The van der Waals surface area contributed by atoms with Gasteiger partial charge in [0.05, 0.1) is 5.69 Å². The molecular weight excluding hydrogens is 282 g/mol. The van der Waals surface area contributed by atoms with Gasteiger partial charge in [-0.3, -0.25) is 4.79 Å². The van der Waals surface area contributed by atoms with Gasteiger partial charge in [0.25, 0.3) is 0 Å². The van der Waals surface area contributed by atoms with Gasteiger partial charge < -0.3 is 10.6 Å². The summed E-state index contributed by atoms with van der Waals surface area (Å²) in [5, 5.41) is 6.73. The van der Waals surface area contributed by atoms with Gasteiger partial charge in [-0.15, -0.1) is 11.3 Å². The van der Waals surface area contributed by atoms with Crippen molar-refractivity contribution in [3.05, 3.63) is 39.9 Å². The van der Waals surface area contributed by atoms with Crippen LogP contribution < -0.4 is 10.6 Å². The fourth-order valence-electron chi connectivity index (χ4n) is 1.89. The summed E-state index contributed by atoms with van der Waals surface area (Å²) in [6, 6.07) is 5.77. The molecule has 0 saturated heterocycles. The molecule has 21 heavy (non-hydrogen) atoms. The number of carbonyl (C=O) groups is 1. The molecule has 0 aliphatic heterocycles. The molecule has 112 valence electrons. The molecule has 4 nitrogen and oxygen atoms in total. The topological polar surface area (TPSA) is 54.0 Å². The van der Waals surface area contributed by atoms with E-state index in [2.05, 4.69) is 41.6 Å². The average Bonchev–Trinajstić information content (AvgIpc) is 2.72. The van der Waals surface area contributed by atoms with E-state index < -0.39 is 0 Å². The number of anilines is 2. The number of hydrogen-bond donors (Lipinski definition) is 2. The quantitative estimate of drug-likeness (QED) is 0.903. The first-order chi connectivity index (χ1) is 9.86. The Labute approximate surface area is 129 Å². The number of nitrogens with one attached hydrogen (secondary N) is 2. The fourth-order valence-corrected chi connectivity index (χ4v) is 2.70. The standard InChI is InChI=1S/C16H21N3OS/c1-9-6-7-14(8-10(9)2)17-12(4)15(20)19-16-18-11(3)13(5)21-16/h6-8,12,17H,1-5H3,(H,18,19,20)/t12-/m0/s1. The van der Waals surface area contributed by atoms with E-state index in [-0.39, 0.29) is 11.9 Å². The third-order valence-electron chi connectivity index (χ3n) is 3.54. The molecule has 0 bridgehead atoms. The Morgan fingerprint density at radius 1 is 1.19 bits per heavy atom. The number of aromatic nitrogens is 1. The summed E-state index contributed by atoms with van der Waals surface area (Å²) >= 11 is 1.50. The summed E-state index contributed by atoms with van der Waals surface area (Å²) < 4.78 is 0. The number of carbonyl (C=O) groups excluding carboxylic acids is 1. The second-order valence-electron chi connectivity index (χ2n) is 5.31. The highest BCUT2D eigenvalue weighted by atomic mass is 32.1. The lowest BCUT2D eigenvalue weighted by molar-refractivity contribution is -0.116. The van der Waals surface area contributed by atoms with E-state index in [0.29, 0.717) is 5.13 Å². The van der Waals surface area contributed by atoms with Gasteiger partial charge in [-0.25, -0.2) is 4.98 Å². The predicted octanol–water partition coefficient (Wildman–Crippen LogP) is 3.82. The van der Waals surface area contributed by atoms with Crippen molar-refractivity contribution < 1.29 is 4.79 Å². The average molecular weight is 303 g/mol. The fraction of sp³-hybridized carbons (Fsp3) is 0.375. The molecule has 0 radical (unpaired) electrons. The smallest absolute Gasteiger partial charge is 0.248 e. The van der Waals surface area contributed by atoms with E-state index in [1.54, 1.807) is 0 Å². The van der Waals surface area contributed by atoms with Crippen LogP contribution in [0.3, 0.4) is 0 Å². The number of amides is 1. The first kappa shape index (κ1) is 15.5. The Morgan fingerprint density at radius 3 is 2.48 bits per heavy atom. The van der Waals surface area contributed by atoms with Crippen LogP contribution in [0.1, 0.15) is 28.6 Å². The molecule has 0 unspecified atom stereocenters. The van der Waals surface area contributed by atoms with Gasteiger partial charge in [-0.2, -0.15) is 0 Å². The first-order valence-electron chi connectivity index (χ1n) is 6.95. The van der Waals surface area contributed by atoms with E-state index in [1.807, 2.05) is 26.8 Å². The van der Waals surface area contributed by atoms with Crippen molar-refractivity contribution in [2.24, 2.45) is 0 Å². The maximum absolute atomic E-state index is 12.2. The molecule has 0 fully saturated rings. The van der Waals surface area contributed by atoms with Gasteiger partial charge in [0, 0.05) is 10.6 Å². The molecule has 1 amide bonds. The normalized spacial score (nSPS) is 12.0. The lowest BCUT2D eigenvalue weighted by Crippen LogP contribution is -2.31. The zero-order chi connectivity index (χ0) is 15.6. The van der Waals surface area contributed by atoms with Crippen LogP contribution in [0.15, 0.2) is 18.2 Å². The Kier molecular flexibility index (Phi) is 4.63. The third kappa shape index (κ3) is 3.82. The van der Waals surface area contributed by atoms with E-state index in [0.717, 1.165) is 16.3 Å². The number of aryl methyl sites for hydroxylation is 4. The highest BCUT2D eigenvalue weighted by molar-refractivity contribution is 7.15. The van der Waals surface area contributed by atoms with Gasteiger partial charge in [-0.1, -0.05) is 6.07 Å². The van der Waals surface area contributed by atoms with Gasteiger partial charge in [-0.05, 0) is 57.9 Å². The second-order valence-corrected chi connectivity index (χ2v) is 6.52. The molecule has 5 heteroatoms. The maximum atomic E-state index is 12.2. The van der Waals surface area contributed by atoms with Crippen LogP contribution in [0.5, 0.6) is 0 Å². The third-order valence-corrected chi connectivity index (χ3v) is 4.53. The minimum absolute atomic E-state index is 0.0815. The monoisotopic (exact) mass is 303 g/mol. The molecular formula is C16H21N3OS. The lowest BCUT2D eigenvalue weighted by Gasteiger charge is -2.15. The molecule has 2 rings (SSSR count). The van der Waals surface area contributed by atoms with Crippen molar-refractivity contribution in [2.75, 3.05) is 10.6 Å². The van der Waals surface area contributed by atoms with Crippen LogP contribution in [0, 0.1) is 27.7 Å². The number of nitrogens with zero attached hydrogens (tertiary/aromatic N) is 1.